The van der Waals surface area contributed by atoms with E-state index in [0.29, 0.717) is 19.0 Å². The summed E-state index contributed by atoms with van der Waals surface area (Å²) in [6.45, 7) is 4.29. The van der Waals surface area contributed by atoms with E-state index >= 15 is 0 Å². The summed E-state index contributed by atoms with van der Waals surface area (Å²) in [4.78, 5) is 6.36. The molecular formula is C15H25N3O2S. The average Bonchev–Trinajstić information content (AvgIpc) is 2.38. The van der Waals surface area contributed by atoms with Crippen LogP contribution in [-0.4, -0.2) is 50.9 Å². The summed E-state index contributed by atoms with van der Waals surface area (Å²) in [7, 11) is 0.632. The minimum Gasteiger partial charge on any atom is -0.355 e. The van der Waals surface area contributed by atoms with Crippen molar-refractivity contribution in [3.05, 3.63) is 35.9 Å². The Bertz CT molecular complexity index is 578. The molecule has 0 heterocycles. The smallest absolute Gasteiger partial charge is 0.193 e. The standard InChI is InChI=1S/C15H25N3O2S/c1-15(2,21(5,19)20)12-17-14(18(3)4)16-11-13-9-7-6-8-10-13/h6-10H,11-12H2,1-5H3,(H,16,17). The van der Waals surface area contributed by atoms with Crippen molar-refractivity contribution >= 4 is 15.8 Å². The van der Waals surface area contributed by atoms with Gasteiger partial charge in [0.25, 0.3) is 0 Å². The van der Waals surface area contributed by atoms with Crippen LogP contribution in [0.2, 0.25) is 0 Å². The molecule has 1 aromatic carbocycles. The lowest BCUT2D eigenvalue weighted by Crippen LogP contribution is -2.47. The van der Waals surface area contributed by atoms with Gasteiger partial charge in [-0.15, -0.1) is 0 Å². The molecule has 0 atom stereocenters. The van der Waals surface area contributed by atoms with Crippen molar-refractivity contribution in [2.45, 2.75) is 25.1 Å². The van der Waals surface area contributed by atoms with Gasteiger partial charge >= 0.3 is 0 Å². The van der Waals surface area contributed by atoms with Gasteiger partial charge in [-0.3, -0.25) is 0 Å². The lowest BCUT2D eigenvalue weighted by molar-refractivity contribution is 0.526. The molecule has 0 aromatic heterocycles. The van der Waals surface area contributed by atoms with Crippen LogP contribution in [-0.2, 0) is 16.4 Å². The van der Waals surface area contributed by atoms with Crippen LogP contribution in [0.5, 0.6) is 0 Å². The van der Waals surface area contributed by atoms with Gasteiger partial charge in [0.1, 0.15) is 0 Å². The zero-order chi connectivity index (χ0) is 16.1. The van der Waals surface area contributed by atoms with Crippen LogP contribution >= 0.6 is 0 Å². The van der Waals surface area contributed by atoms with Crippen LogP contribution in [0.1, 0.15) is 19.4 Å². The van der Waals surface area contributed by atoms with Crippen molar-refractivity contribution in [1.29, 1.82) is 0 Å². The third-order valence-corrected chi connectivity index (χ3v) is 5.51. The highest BCUT2D eigenvalue weighted by Gasteiger charge is 2.30. The van der Waals surface area contributed by atoms with Gasteiger partial charge in [0.15, 0.2) is 15.8 Å². The molecule has 1 N–H and O–H groups in total. The topological polar surface area (TPSA) is 61.8 Å². The third kappa shape index (κ3) is 5.38. The summed E-state index contributed by atoms with van der Waals surface area (Å²) in [5, 5.41) is 3.13. The first-order chi connectivity index (χ1) is 9.63. The maximum atomic E-state index is 11.7. The predicted octanol–water partition coefficient (Wildman–Crippen LogP) is 1.52. The molecule has 21 heavy (non-hydrogen) atoms. The molecule has 1 aromatic rings. The fraction of sp³-hybridized carbons (Fsp3) is 0.533. The van der Waals surface area contributed by atoms with Crippen molar-refractivity contribution in [3.63, 3.8) is 0 Å². The van der Waals surface area contributed by atoms with E-state index in [-0.39, 0.29) is 0 Å². The second-order valence-electron chi connectivity index (χ2n) is 5.91. The van der Waals surface area contributed by atoms with Crippen LogP contribution in [0.4, 0.5) is 0 Å². The van der Waals surface area contributed by atoms with Crippen molar-refractivity contribution in [2.24, 2.45) is 4.99 Å². The molecule has 0 amide bonds. The number of benzene rings is 1. The van der Waals surface area contributed by atoms with Gasteiger partial charge < -0.3 is 10.2 Å². The molecule has 0 aliphatic carbocycles. The lowest BCUT2D eigenvalue weighted by atomic mass is 10.2. The van der Waals surface area contributed by atoms with Gasteiger partial charge in [0.05, 0.1) is 11.3 Å². The Labute approximate surface area is 128 Å². The molecule has 118 valence electrons. The van der Waals surface area contributed by atoms with Crippen molar-refractivity contribution in [1.82, 2.24) is 10.2 Å². The number of aliphatic imine (C=N–C) groups is 1. The first kappa shape index (κ1) is 17.5. The van der Waals surface area contributed by atoms with E-state index in [9.17, 15) is 8.42 Å². The molecule has 0 bridgehead atoms. The zero-order valence-electron chi connectivity index (χ0n) is 13.4. The first-order valence-corrected chi connectivity index (χ1v) is 8.72. The Balaban J connectivity index is 2.75. The summed E-state index contributed by atoms with van der Waals surface area (Å²) < 4.78 is 22.6. The molecular weight excluding hydrogens is 286 g/mol. The van der Waals surface area contributed by atoms with E-state index < -0.39 is 14.6 Å². The molecule has 0 fully saturated rings. The SMILES string of the molecule is CN(C)C(=NCc1ccccc1)NCC(C)(C)S(C)(=O)=O. The highest BCUT2D eigenvalue weighted by molar-refractivity contribution is 7.92. The number of nitrogens with zero attached hydrogens (tertiary/aromatic N) is 2. The largest absolute Gasteiger partial charge is 0.355 e. The number of nitrogens with one attached hydrogen (secondary N) is 1. The first-order valence-electron chi connectivity index (χ1n) is 6.82. The van der Waals surface area contributed by atoms with E-state index in [2.05, 4.69) is 10.3 Å². The van der Waals surface area contributed by atoms with E-state index in [1.807, 2.05) is 49.3 Å². The molecule has 6 heteroatoms. The Morgan fingerprint density at radius 1 is 1.24 bits per heavy atom. The zero-order valence-corrected chi connectivity index (χ0v) is 14.2. The molecule has 0 spiro atoms. The van der Waals surface area contributed by atoms with Crippen LogP contribution in [0.25, 0.3) is 0 Å². The molecule has 0 saturated carbocycles. The molecule has 5 nitrogen and oxygen atoms in total. The minimum atomic E-state index is -3.13. The highest BCUT2D eigenvalue weighted by atomic mass is 32.2. The average molecular weight is 311 g/mol. The van der Waals surface area contributed by atoms with Crippen molar-refractivity contribution in [3.8, 4) is 0 Å². The molecule has 1 rings (SSSR count). The summed E-state index contributed by atoms with van der Waals surface area (Å²) in [5.41, 5.74) is 1.11. The van der Waals surface area contributed by atoms with Crippen LogP contribution in [0.15, 0.2) is 35.3 Å². The van der Waals surface area contributed by atoms with E-state index in [1.54, 1.807) is 13.8 Å². The minimum absolute atomic E-state index is 0.317. The predicted molar refractivity (Wildman–Crippen MR) is 88.2 cm³/mol. The van der Waals surface area contributed by atoms with E-state index in [1.165, 1.54) is 6.26 Å². The van der Waals surface area contributed by atoms with Crippen LogP contribution in [0.3, 0.4) is 0 Å². The molecule has 0 radical (unpaired) electrons. The molecule has 0 unspecified atom stereocenters. The number of hydrogen-bond acceptors (Lipinski definition) is 3. The normalized spacial score (nSPS) is 13.1. The summed E-state index contributed by atoms with van der Waals surface area (Å²) in [5.74, 6) is 0.676. The Hall–Kier alpha value is -1.56. The van der Waals surface area contributed by atoms with Crippen LogP contribution < -0.4 is 5.32 Å². The number of guanidine groups is 1. The summed E-state index contributed by atoms with van der Waals surface area (Å²) in [6.07, 6.45) is 1.26. The van der Waals surface area contributed by atoms with E-state index in [4.69, 9.17) is 0 Å². The third-order valence-electron chi connectivity index (χ3n) is 3.35. The van der Waals surface area contributed by atoms with E-state index in [0.717, 1.165) is 5.56 Å². The van der Waals surface area contributed by atoms with Crippen molar-refractivity contribution in [2.75, 3.05) is 26.9 Å². The van der Waals surface area contributed by atoms with Gasteiger partial charge in [-0.2, -0.15) is 0 Å². The molecule has 0 aliphatic heterocycles. The van der Waals surface area contributed by atoms with Crippen LogP contribution in [0, 0.1) is 0 Å². The molecule has 0 aliphatic rings. The fourth-order valence-electron chi connectivity index (χ4n) is 1.53. The second-order valence-corrected chi connectivity index (χ2v) is 8.55. The maximum absolute atomic E-state index is 11.7. The second kappa shape index (κ2) is 6.93. The van der Waals surface area contributed by atoms with Gasteiger partial charge in [0, 0.05) is 26.9 Å². The highest BCUT2D eigenvalue weighted by Crippen LogP contribution is 2.13. The monoisotopic (exact) mass is 311 g/mol. The Kier molecular flexibility index (Phi) is 5.78. The Morgan fingerprint density at radius 3 is 2.29 bits per heavy atom. The lowest BCUT2D eigenvalue weighted by Gasteiger charge is -2.26. The van der Waals surface area contributed by atoms with Gasteiger partial charge in [-0.05, 0) is 19.4 Å². The number of rotatable bonds is 5. The maximum Gasteiger partial charge on any atom is 0.193 e. The van der Waals surface area contributed by atoms with Gasteiger partial charge in [-0.25, -0.2) is 13.4 Å². The quantitative estimate of drug-likeness (QED) is 0.661. The van der Waals surface area contributed by atoms with Crippen molar-refractivity contribution < 1.29 is 8.42 Å². The summed E-state index contributed by atoms with van der Waals surface area (Å²) in [6, 6.07) is 9.93. The summed E-state index contributed by atoms with van der Waals surface area (Å²) >= 11 is 0. The van der Waals surface area contributed by atoms with Gasteiger partial charge in [-0.1, -0.05) is 30.3 Å². The Morgan fingerprint density at radius 2 is 1.81 bits per heavy atom. The number of sulfone groups is 1. The number of hydrogen-bond donors (Lipinski definition) is 1. The molecule has 0 saturated heterocycles. The fourth-order valence-corrected chi connectivity index (χ4v) is 1.86. The van der Waals surface area contributed by atoms with Gasteiger partial charge in [0.2, 0.25) is 0 Å².